The maximum Gasteiger partial charge on any atom is 0.391 e. The summed E-state index contributed by atoms with van der Waals surface area (Å²) in [4.78, 5) is 21.3. The normalized spacial score (nSPS) is 20.4. The average molecular weight is 463 g/mol. The Morgan fingerprint density at radius 3 is 2.85 bits per heavy atom. The van der Waals surface area contributed by atoms with Crippen LogP contribution in [0.25, 0.3) is 22.4 Å². The number of halogens is 3. The third-order valence-corrected chi connectivity index (χ3v) is 6.11. The lowest BCUT2D eigenvalue weighted by Crippen LogP contribution is -2.44. The minimum Gasteiger partial charge on any atom is -0.377 e. The van der Waals surface area contributed by atoms with Gasteiger partial charge in [0, 0.05) is 31.3 Å². The van der Waals surface area contributed by atoms with Crippen LogP contribution in [-0.2, 0) is 16.1 Å². The zero-order chi connectivity index (χ0) is 23.3. The molecule has 2 atom stereocenters. The zero-order valence-electron chi connectivity index (χ0n) is 18.3. The third kappa shape index (κ3) is 3.92. The molecular weight excluding hydrogens is 439 g/mol. The number of aryl methyl sites for hydroxylation is 1. The fourth-order valence-electron chi connectivity index (χ4n) is 4.64. The number of H-pyrrole nitrogens is 1. The van der Waals surface area contributed by atoms with Crippen molar-refractivity contribution in [3.8, 4) is 11.4 Å². The van der Waals surface area contributed by atoms with Gasteiger partial charge >= 0.3 is 6.18 Å². The van der Waals surface area contributed by atoms with Crippen molar-refractivity contribution < 1.29 is 22.7 Å². The van der Waals surface area contributed by atoms with E-state index >= 15 is 0 Å². The predicted octanol–water partition coefficient (Wildman–Crippen LogP) is 3.12. The zero-order valence-corrected chi connectivity index (χ0v) is 18.3. The molecule has 0 unspecified atom stereocenters. The van der Waals surface area contributed by atoms with E-state index in [0.29, 0.717) is 53.7 Å². The Balaban J connectivity index is 1.74. The van der Waals surface area contributed by atoms with Gasteiger partial charge in [0.1, 0.15) is 22.5 Å². The van der Waals surface area contributed by atoms with E-state index in [-0.39, 0.29) is 24.9 Å². The Kier molecular flexibility index (Phi) is 5.26. The summed E-state index contributed by atoms with van der Waals surface area (Å²) in [5.74, 6) is 0.210. The van der Waals surface area contributed by atoms with Crippen molar-refractivity contribution in [3.05, 3.63) is 18.3 Å². The monoisotopic (exact) mass is 463 g/mol. The lowest BCUT2D eigenvalue weighted by atomic mass is 10.1. The first-order valence-electron chi connectivity index (χ1n) is 10.9. The summed E-state index contributed by atoms with van der Waals surface area (Å²) in [7, 11) is 0. The van der Waals surface area contributed by atoms with Gasteiger partial charge in [0.05, 0.1) is 43.6 Å². The van der Waals surface area contributed by atoms with Crippen LogP contribution in [0, 0.1) is 0 Å². The fraction of sp³-hybridized carbons (Fsp3) is 0.524. The molecule has 33 heavy (non-hydrogen) atoms. The molecule has 2 aliphatic rings. The highest BCUT2D eigenvalue weighted by atomic mass is 19.4. The van der Waals surface area contributed by atoms with E-state index in [2.05, 4.69) is 20.2 Å². The molecule has 1 amide bonds. The largest absolute Gasteiger partial charge is 0.391 e. The molecule has 5 rings (SSSR count). The molecule has 0 bridgehead atoms. The first kappa shape index (κ1) is 21.7. The highest BCUT2D eigenvalue weighted by molar-refractivity contribution is 6.06. The Labute approximate surface area is 187 Å². The fourth-order valence-corrected chi connectivity index (χ4v) is 4.64. The van der Waals surface area contributed by atoms with E-state index in [4.69, 9.17) is 9.72 Å². The second kappa shape index (κ2) is 8.01. The van der Waals surface area contributed by atoms with Gasteiger partial charge in [-0.1, -0.05) is 0 Å². The van der Waals surface area contributed by atoms with Crippen LogP contribution in [0.5, 0.6) is 0 Å². The number of rotatable bonds is 4. The van der Waals surface area contributed by atoms with E-state index in [9.17, 15) is 18.0 Å². The van der Waals surface area contributed by atoms with Gasteiger partial charge in [0.15, 0.2) is 0 Å². The summed E-state index contributed by atoms with van der Waals surface area (Å²) < 4.78 is 47.1. The summed E-state index contributed by atoms with van der Waals surface area (Å²) in [5, 5.41) is 11.6. The highest BCUT2D eigenvalue weighted by Gasteiger charge is 2.38. The molecule has 12 heteroatoms. The molecule has 2 aliphatic heterocycles. The van der Waals surface area contributed by atoms with Crippen molar-refractivity contribution in [3.63, 3.8) is 0 Å². The van der Waals surface area contributed by atoms with Crippen molar-refractivity contribution >= 4 is 28.4 Å². The van der Waals surface area contributed by atoms with Crippen LogP contribution in [-0.4, -0.2) is 68.9 Å². The molecule has 0 aliphatic carbocycles. The third-order valence-electron chi connectivity index (χ3n) is 6.11. The predicted molar refractivity (Wildman–Crippen MR) is 115 cm³/mol. The minimum absolute atomic E-state index is 0.0177. The molecule has 9 nitrogen and oxygen atoms in total. The SMILES string of the molecule is C[C@@H]1COCCN1c1cc2c3c(n1)c(-c1ccn[nH]1)nn3CCC(=O)N2[C@@H](C)CC(F)(F)F. The number of carbonyl (C=O) groups excluding carboxylic acids is 1. The number of carbonyl (C=O) groups is 1. The molecule has 1 fully saturated rings. The van der Waals surface area contributed by atoms with Crippen LogP contribution < -0.4 is 9.80 Å². The van der Waals surface area contributed by atoms with Crippen molar-refractivity contribution in [2.24, 2.45) is 0 Å². The number of amides is 1. The number of anilines is 2. The Bertz CT molecular complexity index is 1170. The molecule has 0 radical (unpaired) electrons. The van der Waals surface area contributed by atoms with Crippen LogP contribution in [0.2, 0.25) is 0 Å². The van der Waals surface area contributed by atoms with Crippen molar-refractivity contribution in [1.82, 2.24) is 25.0 Å². The smallest absolute Gasteiger partial charge is 0.377 e. The van der Waals surface area contributed by atoms with E-state index in [0.717, 1.165) is 0 Å². The highest BCUT2D eigenvalue weighted by Crippen LogP contribution is 2.39. The Hall–Kier alpha value is -3.15. The first-order valence-corrected chi connectivity index (χ1v) is 10.9. The number of ether oxygens (including phenoxy) is 1. The number of nitrogens with one attached hydrogen (secondary N) is 1. The van der Waals surface area contributed by atoms with Crippen LogP contribution in [0.15, 0.2) is 18.3 Å². The van der Waals surface area contributed by atoms with Crippen LogP contribution in [0.1, 0.15) is 26.7 Å². The number of hydrogen-bond donors (Lipinski definition) is 1. The topological polar surface area (TPSA) is 92.2 Å². The molecule has 0 spiro atoms. The molecule has 0 aromatic carbocycles. The molecule has 176 valence electrons. The van der Waals surface area contributed by atoms with Gasteiger partial charge in [-0.15, -0.1) is 0 Å². The van der Waals surface area contributed by atoms with Gasteiger partial charge in [-0.3, -0.25) is 14.6 Å². The Morgan fingerprint density at radius 2 is 2.15 bits per heavy atom. The van der Waals surface area contributed by atoms with E-state index in [1.165, 1.54) is 11.8 Å². The number of morpholine rings is 1. The second-order valence-electron chi connectivity index (χ2n) is 8.54. The van der Waals surface area contributed by atoms with Gasteiger partial charge < -0.3 is 14.5 Å². The average Bonchev–Trinajstić information content (AvgIpc) is 3.36. The lowest BCUT2D eigenvalue weighted by Gasteiger charge is -2.35. The van der Waals surface area contributed by atoms with Crippen molar-refractivity contribution in [2.75, 3.05) is 29.6 Å². The summed E-state index contributed by atoms with van der Waals surface area (Å²) in [6.45, 7) is 5.28. The molecular formula is C21H24F3N7O2. The minimum atomic E-state index is -4.40. The number of hydrogen-bond acceptors (Lipinski definition) is 6. The van der Waals surface area contributed by atoms with E-state index in [1.54, 1.807) is 23.0 Å². The number of alkyl halides is 3. The standard InChI is InChI=1S/C21H24F3N7O2/c1-12(10-21(22,23)24)31-15-9-16(29-7-8-33-11-13(29)2)26-19-18(14-3-5-25-27-14)28-30(20(15)19)6-4-17(31)32/h3,5,9,12-13H,4,6-8,10-11H2,1-2H3,(H,25,27)/t12-,13+/m0/s1. The molecule has 0 saturated carbocycles. The van der Waals surface area contributed by atoms with Gasteiger partial charge in [0.25, 0.3) is 0 Å². The van der Waals surface area contributed by atoms with Crippen LogP contribution >= 0.6 is 0 Å². The maximum absolute atomic E-state index is 13.3. The Morgan fingerprint density at radius 1 is 1.33 bits per heavy atom. The molecule has 1 N–H and O–H groups in total. The molecule has 5 heterocycles. The lowest BCUT2D eigenvalue weighted by molar-refractivity contribution is -0.139. The van der Waals surface area contributed by atoms with Gasteiger partial charge in [-0.05, 0) is 19.9 Å². The summed E-state index contributed by atoms with van der Waals surface area (Å²) in [5.41, 5.74) is 2.65. The summed E-state index contributed by atoms with van der Waals surface area (Å²) in [6, 6.07) is 2.42. The first-order chi connectivity index (χ1) is 15.7. The quantitative estimate of drug-likeness (QED) is 0.639. The molecule has 3 aromatic rings. The van der Waals surface area contributed by atoms with Crippen molar-refractivity contribution in [2.45, 2.75) is 51.5 Å². The van der Waals surface area contributed by atoms with Crippen molar-refractivity contribution in [1.29, 1.82) is 0 Å². The number of aromatic amines is 1. The summed E-state index contributed by atoms with van der Waals surface area (Å²) in [6.07, 6.45) is -3.87. The van der Waals surface area contributed by atoms with Gasteiger partial charge in [-0.25, -0.2) is 4.98 Å². The van der Waals surface area contributed by atoms with Crippen LogP contribution in [0.3, 0.4) is 0 Å². The summed E-state index contributed by atoms with van der Waals surface area (Å²) >= 11 is 0. The van der Waals surface area contributed by atoms with Gasteiger partial charge in [-0.2, -0.15) is 23.4 Å². The number of aromatic nitrogens is 5. The number of pyridine rings is 1. The van der Waals surface area contributed by atoms with E-state index in [1.807, 2.05) is 6.92 Å². The van der Waals surface area contributed by atoms with Gasteiger partial charge in [0.2, 0.25) is 5.91 Å². The number of nitrogens with zero attached hydrogens (tertiary/aromatic N) is 6. The molecule has 1 saturated heterocycles. The maximum atomic E-state index is 13.3. The second-order valence-corrected chi connectivity index (χ2v) is 8.54. The van der Waals surface area contributed by atoms with E-state index < -0.39 is 18.6 Å². The molecule has 3 aromatic heterocycles. The van der Waals surface area contributed by atoms with Crippen LogP contribution in [0.4, 0.5) is 24.7 Å².